The molecule has 0 saturated heterocycles. The van der Waals surface area contributed by atoms with Crippen LogP contribution >= 0.6 is 0 Å². The topological polar surface area (TPSA) is 40.5 Å². The van der Waals surface area contributed by atoms with Gasteiger partial charge in [0.2, 0.25) is 0 Å². The van der Waals surface area contributed by atoms with Gasteiger partial charge in [0.1, 0.15) is 12.2 Å². The van der Waals surface area contributed by atoms with E-state index in [0.29, 0.717) is 0 Å². The fraction of sp³-hybridized carbons (Fsp3) is 0.154. The molecule has 2 nitrogen and oxygen atoms in total. The Kier molecular flexibility index (Phi) is 3.87. The number of benzene rings is 4. The molecule has 4 aromatic rings. The van der Waals surface area contributed by atoms with Gasteiger partial charge in [-0.25, -0.2) is 0 Å². The highest BCUT2D eigenvalue weighted by molar-refractivity contribution is 5.91. The molecule has 2 unspecified atom stereocenters. The highest BCUT2D eigenvalue weighted by Gasteiger charge is 2.27. The van der Waals surface area contributed by atoms with Crippen LogP contribution in [0, 0.1) is 13.8 Å². The summed E-state index contributed by atoms with van der Waals surface area (Å²) in [6.45, 7) is 4.11. The number of aliphatic hydroxyl groups excluding tert-OH is 2. The van der Waals surface area contributed by atoms with E-state index in [4.69, 9.17) is 0 Å². The van der Waals surface area contributed by atoms with Crippen molar-refractivity contribution in [1.82, 2.24) is 0 Å². The highest BCUT2D eigenvalue weighted by Crippen LogP contribution is 2.44. The zero-order chi connectivity index (χ0) is 19.4. The number of aryl methyl sites for hydroxylation is 2. The average Bonchev–Trinajstić information content (AvgIpc) is 2.73. The normalized spacial score (nSPS) is 18.0. The summed E-state index contributed by atoms with van der Waals surface area (Å²) in [5, 5.41) is 24.8. The molecule has 0 saturated carbocycles. The molecule has 0 bridgehead atoms. The minimum Gasteiger partial charge on any atom is -0.384 e. The summed E-state index contributed by atoms with van der Waals surface area (Å²) in [4.78, 5) is 0. The lowest BCUT2D eigenvalue weighted by molar-refractivity contribution is 0.219. The Bertz CT molecular complexity index is 1130. The molecule has 0 spiro atoms. The molecule has 0 amide bonds. The van der Waals surface area contributed by atoms with Crippen LogP contribution in [0.1, 0.15) is 45.6 Å². The Morgan fingerprint density at radius 3 is 1.50 bits per heavy atom. The Hall–Kier alpha value is -2.94. The average molecular weight is 366 g/mol. The van der Waals surface area contributed by atoms with Crippen LogP contribution in [0.15, 0.2) is 72.8 Å². The number of rotatable bonds is 0. The molecule has 2 atom stereocenters. The van der Waals surface area contributed by atoms with Crippen LogP contribution in [-0.4, -0.2) is 10.2 Å². The summed E-state index contributed by atoms with van der Waals surface area (Å²) in [5.74, 6) is 0. The van der Waals surface area contributed by atoms with Gasteiger partial charge in [-0.1, -0.05) is 83.9 Å². The van der Waals surface area contributed by atoms with Crippen LogP contribution in [0.25, 0.3) is 21.9 Å². The van der Waals surface area contributed by atoms with Crippen LogP contribution < -0.4 is 0 Å². The van der Waals surface area contributed by atoms with Crippen LogP contribution in [0.3, 0.4) is 0 Å². The zero-order valence-corrected chi connectivity index (χ0v) is 16.0. The van der Waals surface area contributed by atoms with E-state index in [2.05, 4.69) is 26.0 Å². The van der Waals surface area contributed by atoms with Crippen LogP contribution in [0.4, 0.5) is 0 Å². The molecule has 2 heteroatoms. The summed E-state index contributed by atoms with van der Waals surface area (Å²) in [6, 6.07) is 24.3. The number of hydrogen-bond donors (Lipinski definition) is 2. The Morgan fingerprint density at radius 1 is 0.571 bits per heavy atom. The summed E-state index contributed by atoms with van der Waals surface area (Å²) in [6.07, 6.45) is -1.53. The number of hydrogen-bond acceptors (Lipinski definition) is 2. The van der Waals surface area contributed by atoms with Gasteiger partial charge in [0, 0.05) is 0 Å². The lowest BCUT2D eigenvalue weighted by atomic mass is 9.88. The molecule has 0 aliphatic heterocycles. The molecule has 28 heavy (non-hydrogen) atoms. The zero-order valence-electron chi connectivity index (χ0n) is 16.0. The molecule has 5 rings (SSSR count). The van der Waals surface area contributed by atoms with Gasteiger partial charge < -0.3 is 10.2 Å². The van der Waals surface area contributed by atoms with E-state index in [-0.39, 0.29) is 0 Å². The van der Waals surface area contributed by atoms with Crippen molar-refractivity contribution in [2.45, 2.75) is 26.1 Å². The van der Waals surface area contributed by atoms with Crippen LogP contribution in [0.5, 0.6) is 0 Å². The van der Waals surface area contributed by atoms with E-state index in [9.17, 15) is 10.2 Å². The predicted octanol–water partition coefficient (Wildman–Crippen LogP) is 5.60. The van der Waals surface area contributed by atoms with E-state index >= 15 is 0 Å². The van der Waals surface area contributed by atoms with E-state index in [1.807, 2.05) is 60.7 Å². The van der Waals surface area contributed by atoms with Gasteiger partial charge >= 0.3 is 0 Å². The van der Waals surface area contributed by atoms with Crippen molar-refractivity contribution in [3.63, 3.8) is 0 Å². The molecular weight excluding hydrogens is 344 g/mol. The smallest absolute Gasteiger partial charge is 0.105 e. The Balaban J connectivity index is 1.98. The first-order valence-corrected chi connectivity index (χ1v) is 9.64. The van der Waals surface area contributed by atoms with Crippen molar-refractivity contribution in [3.8, 4) is 11.1 Å². The quantitative estimate of drug-likeness (QED) is 0.425. The monoisotopic (exact) mass is 366 g/mol. The Morgan fingerprint density at radius 2 is 1.04 bits per heavy atom. The Labute approximate surface area is 164 Å². The third-order valence-corrected chi connectivity index (χ3v) is 5.86. The number of aliphatic hydroxyl groups is 2. The molecule has 0 fully saturated rings. The first-order valence-electron chi connectivity index (χ1n) is 9.64. The van der Waals surface area contributed by atoms with Gasteiger partial charge in [0.15, 0.2) is 0 Å². The molecule has 2 N–H and O–H groups in total. The van der Waals surface area contributed by atoms with Crippen molar-refractivity contribution < 1.29 is 10.2 Å². The van der Waals surface area contributed by atoms with Crippen LogP contribution in [-0.2, 0) is 0 Å². The maximum Gasteiger partial charge on any atom is 0.105 e. The van der Waals surface area contributed by atoms with Crippen LogP contribution in [0.2, 0.25) is 0 Å². The third-order valence-electron chi connectivity index (χ3n) is 5.86. The first-order chi connectivity index (χ1) is 13.5. The molecule has 0 radical (unpaired) electrons. The van der Waals surface area contributed by atoms with E-state index in [1.165, 1.54) is 0 Å². The molecular formula is C26H22O2. The fourth-order valence-corrected chi connectivity index (χ4v) is 4.47. The molecule has 138 valence electrons. The SMILES string of the molecule is Cc1ccc2c(c1)-c1cc(C)ccc1C(O)c1cccc3cccc(c13)C2O. The van der Waals surface area contributed by atoms with Gasteiger partial charge in [-0.2, -0.15) is 0 Å². The van der Waals surface area contributed by atoms with Gasteiger partial charge in [-0.15, -0.1) is 0 Å². The first kappa shape index (κ1) is 17.2. The van der Waals surface area contributed by atoms with Crippen molar-refractivity contribution in [3.05, 3.63) is 106 Å². The van der Waals surface area contributed by atoms with E-state index in [0.717, 1.165) is 55.3 Å². The summed E-state index contributed by atoms with van der Waals surface area (Å²) in [7, 11) is 0. The van der Waals surface area contributed by atoms with E-state index < -0.39 is 12.2 Å². The van der Waals surface area contributed by atoms with Gasteiger partial charge in [0.25, 0.3) is 0 Å². The van der Waals surface area contributed by atoms with E-state index in [1.54, 1.807) is 0 Å². The lowest BCUT2D eigenvalue weighted by Crippen LogP contribution is -2.04. The van der Waals surface area contributed by atoms with Crippen molar-refractivity contribution >= 4 is 10.8 Å². The molecule has 1 aliphatic rings. The molecule has 0 aromatic heterocycles. The van der Waals surface area contributed by atoms with Crippen molar-refractivity contribution in [2.75, 3.05) is 0 Å². The summed E-state index contributed by atoms with van der Waals surface area (Å²) in [5.41, 5.74) is 7.63. The fourth-order valence-electron chi connectivity index (χ4n) is 4.47. The van der Waals surface area contributed by atoms with Crippen molar-refractivity contribution in [2.24, 2.45) is 0 Å². The molecule has 1 aliphatic carbocycles. The second-order valence-corrected chi connectivity index (χ2v) is 7.78. The van der Waals surface area contributed by atoms with Gasteiger partial charge in [0.05, 0.1) is 0 Å². The molecule has 4 aromatic carbocycles. The maximum absolute atomic E-state index is 11.4. The molecule has 0 heterocycles. The summed E-state index contributed by atoms with van der Waals surface area (Å²) >= 11 is 0. The standard InChI is InChI=1S/C26H22O2/c1-15-9-11-18-22(13-15)23-14-16(2)10-12-19(23)26(28)21-8-4-6-17-5-3-7-20(24(17)21)25(18)27/h3-14,25-28H,1-2H3. The second-order valence-electron chi connectivity index (χ2n) is 7.78. The van der Waals surface area contributed by atoms with Gasteiger partial charge in [-0.05, 0) is 58.0 Å². The minimum atomic E-state index is -0.765. The van der Waals surface area contributed by atoms with Crippen molar-refractivity contribution in [1.29, 1.82) is 0 Å². The maximum atomic E-state index is 11.4. The minimum absolute atomic E-state index is 0.765. The number of fused-ring (bicyclic) bond motifs is 3. The third kappa shape index (κ3) is 2.50. The second kappa shape index (κ2) is 6.30. The lowest BCUT2D eigenvalue weighted by Gasteiger charge is -2.19. The highest BCUT2D eigenvalue weighted by atomic mass is 16.3. The largest absolute Gasteiger partial charge is 0.384 e. The predicted molar refractivity (Wildman–Crippen MR) is 113 cm³/mol. The summed E-state index contributed by atoms with van der Waals surface area (Å²) < 4.78 is 0. The van der Waals surface area contributed by atoms with Gasteiger partial charge in [-0.3, -0.25) is 0 Å².